The molecule has 3 rings (SSSR count). The van der Waals surface area contributed by atoms with E-state index in [0.29, 0.717) is 0 Å². The number of anilines is 2. The van der Waals surface area contributed by atoms with E-state index in [1.807, 2.05) is 42.6 Å². The first-order valence-corrected chi connectivity index (χ1v) is 7.27. The molecule has 0 saturated heterocycles. The molecule has 0 aromatic carbocycles. The van der Waals surface area contributed by atoms with Gasteiger partial charge in [-0.2, -0.15) is 0 Å². The molecule has 5 heteroatoms. The van der Waals surface area contributed by atoms with Gasteiger partial charge in [0.15, 0.2) is 0 Å². The van der Waals surface area contributed by atoms with E-state index in [9.17, 15) is 0 Å². The Labute approximate surface area is 121 Å². The van der Waals surface area contributed by atoms with Crippen molar-refractivity contribution >= 4 is 23.0 Å². The smallest absolute Gasteiger partial charge is 0.142 e. The zero-order valence-electron chi connectivity index (χ0n) is 11.1. The summed E-state index contributed by atoms with van der Waals surface area (Å²) >= 11 is 1.68. The maximum absolute atomic E-state index is 4.58. The van der Waals surface area contributed by atoms with E-state index in [1.54, 1.807) is 17.5 Å². The van der Waals surface area contributed by atoms with Crippen LogP contribution in [0.15, 0.2) is 48.8 Å². The minimum Gasteiger partial charge on any atom is -0.325 e. The van der Waals surface area contributed by atoms with Crippen molar-refractivity contribution in [3.63, 3.8) is 0 Å². The molecule has 0 amide bonds. The van der Waals surface area contributed by atoms with Gasteiger partial charge in [-0.1, -0.05) is 19.1 Å². The third-order valence-electron chi connectivity index (χ3n) is 2.79. The molecule has 0 bridgehead atoms. The van der Waals surface area contributed by atoms with Gasteiger partial charge < -0.3 is 5.32 Å². The SMILES string of the molecule is CCc1cnc(-c2cccc(Nc3ccccn3)n2)s1. The summed E-state index contributed by atoms with van der Waals surface area (Å²) in [5.74, 6) is 1.56. The molecule has 1 N–H and O–H groups in total. The third-order valence-corrected chi connectivity index (χ3v) is 3.96. The molecule has 0 aliphatic heterocycles. The lowest BCUT2D eigenvalue weighted by Gasteiger charge is -2.05. The van der Waals surface area contributed by atoms with E-state index in [-0.39, 0.29) is 0 Å². The second-order valence-corrected chi connectivity index (χ2v) is 5.35. The molecule has 0 atom stereocenters. The van der Waals surface area contributed by atoms with Crippen LogP contribution in [0.1, 0.15) is 11.8 Å². The summed E-state index contributed by atoms with van der Waals surface area (Å²) < 4.78 is 0. The van der Waals surface area contributed by atoms with Crippen molar-refractivity contribution in [1.82, 2.24) is 15.0 Å². The molecule has 3 heterocycles. The average molecular weight is 282 g/mol. The van der Waals surface area contributed by atoms with Gasteiger partial charge in [0, 0.05) is 17.3 Å². The topological polar surface area (TPSA) is 50.7 Å². The van der Waals surface area contributed by atoms with Gasteiger partial charge in [-0.05, 0) is 30.7 Å². The number of rotatable bonds is 4. The second-order valence-electron chi connectivity index (χ2n) is 4.23. The molecule has 100 valence electrons. The Bertz CT molecular complexity index is 694. The standard InChI is InChI=1S/C15H14N4S/c1-2-11-10-17-15(20-11)12-6-5-8-14(18-12)19-13-7-3-4-9-16-13/h3-10H,2H2,1H3,(H,16,18,19). The fourth-order valence-corrected chi connectivity index (χ4v) is 2.60. The summed E-state index contributed by atoms with van der Waals surface area (Å²) in [7, 11) is 0. The van der Waals surface area contributed by atoms with Crippen molar-refractivity contribution in [3.8, 4) is 10.7 Å². The van der Waals surface area contributed by atoms with Crippen LogP contribution >= 0.6 is 11.3 Å². The van der Waals surface area contributed by atoms with Gasteiger partial charge in [-0.15, -0.1) is 11.3 Å². The van der Waals surface area contributed by atoms with Crippen LogP contribution in [-0.2, 0) is 6.42 Å². The lowest BCUT2D eigenvalue weighted by Crippen LogP contribution is -1.96. The number of pyridine rings is 2. The van der Waals surface area contributed by atoms with Crippen molar-refractivity contribution in [1.29, 1.82) is 0 Å². The van der Waals surface area contributed by atoms with Gasteiger partial charge in [-0.25, -0.2) is 15.0 Å². The molecule has 0 aliphatic carbocycles. The van der Waals surface area contributed by atoms with E-state index in [1.165, 1.54) is 4.88 Å². The predicted molar refractivity (Wildman–Crippen MR) is 82.2 cm³/mol. The van der Waals surface area contributed by atoms with E-state index in [4.69, 9.17) is 0 Å². The molecule has 20 heavy (non-hydrogen) atoms. The number of hydrogen-bond acceptors (Lipinski definition) is 5. The Morgan fingerprint density at radius 3 is 2.70 bits per heavy atom. The van der Waals surface area contributed by atoms with Crippen LogP contribution in [-0.4, -0.2) is 15.0 Å². The largest absolute Gasteiger partial charge is 0.325 e. The summed E-state index contributed by atoms with van der Waals surface area (Å²) in [6.45, 7) is 2.13. The average Bonchev–Trinajstić information content (AvgIpc) is 2.98. The van der Waals surface area contributed by atoms with Crippen LogP contribution in [0.2, 0.25) is 0 Å². The second kappa shape index (κ2) is 5.79. The quantitative estimate of drug-likeness (QED) is 0.788. The van der Waals surface area contributed by atoms with Crippen LogP contribution in [0.25, 0.3) is 10.7 Å². The van der Waals surface area contributed by atoms with E-state index < -0.39 is 0 Å². The Morgan fingerprint density at radius 2 is 1.95 bits per heavy atom. The lowest BCUT2D eigenvalue weighted by molar-refractivity contribution is 1.17. The first-order chi connectivity index (χ1) is 9.85. The Balaban J connectivity index is 1.86. The number of aromatic nitrogens is 3. The van der Waals surface area contributed by atoms with Crippen LogP contribution in [0.3, 0.4) is 0 Å². The number of thiazole rings is 1. The van der Waals surface area contributed by atoms with E-state index >= 15 is 0 Å². The normalized spacial score (nSPS) is 10.4. The van der Waals surface area contributed by atoms with Crippen molar-refractivity contribution < 1.29 is 0 Å². The molecule has 0 fully saturated rings. The highest BCUT2D eigenvalue weighted by Gasteiger charge is 2.06. The van der Waals surface area contributed by atoms with Crippen molar-refractivity contribution in [3.05, 3.63) is 53.7 Å². The number of nitrogens with one attached hydrogen (secondary N) is 1. The highest BCUT2D eigenvalue weighted by Crippen LogP contribution is 2.25. The fourth-order valence-electron chi connectivity index (χ4n) is 1.78. The molecule has 3 aromatic rings. The summed E-state index contributed by atoms with van der Waals surface area (Å²) in [5, 5.41) is 4.14. The molecule has 0 aliphatic rings. The Kier molecular flexibility index (Phi) is 3.69. The summed E-state index contributed by atoms with van der Waals surface area (Å²) in [6, 6.07) is 11.6. The van der Waals surface area contributed by atoms with E-state index in [2.05, 4.69) is 27.2 Å². The van der Waals surface area contributed by atoms with Crippen molar-refractivity contribution in [2.24, 2.45) is 0 Å². The van der Waals surface area contributed by atoms with Crippen molar-refractivity contribution in [2.45, 2.75) is 13.3 Å². The zero-order valence-corrected chi connectivity index (χ0v) is 11.9. The highest BCUT2D eigenvalue weighted by molar-refractivity contribution is 7.14. The monoisotopic (exact) mass is 282 g/mol. The maximum atomic E-state index is 4.58. The first-order valence-electron chi connectivity index (χ1n) is 6.45. The first kappa shape index (κ1) is 12.7. The van der Waals surface area contributed by atoms with Gasteiger partial charge in [0.05, 0.1) is 0 Å². The zero-order chi connectivity index (χ0) is 13.8. The highest BCUT2D eigenvalue weighted by atomic mass is 32.1. The summed E-state index contributed by atoms with van der Waals surface area (Å²) in [4.78, 5) is 14.5. The van der Waals surface area contributed by atoms with Gasteiger partial charge in [0.2, 0.25) is 0 Å². The fraction of sp³-hybridized carbons (Fsp3) is 0.133. The van der Waals surface area contributed by atoms with Gasteiger partial charge in [0.1, 0.15) is 22.3 Å². The molecule has 0 unspecified atom stereocenters. The maximum Gasteiger partial charge on any atom is 0.142 e. The van der Waals surface area contributed by atoms with Crippen LogP contribution < -0.4 is 5.32 Å². The molecule has 4 nitrogen and oxygen atoms in total. The number of aryl methyl sites for hydroxylation is 1. The lowest BCUT2D eigenvalue weighted by atomic mass is 10.3. The minimum atomic E-state index is 0.773. The van der Waals surface area contributed by atoms with Gasteiger partial charge >= 0.3 is 0 Å². The molecular weight excluding hydrogens is 268 g/mol. The summed E-state index contributed by atoms with van der Waals surface area (Å²) in [6.07, 6.45) is 4.67. The Hall–Kier alpha value is -2.27. The molecule has 0 radical (unpaired) electrons. The van der Waals surface area contributed by atoms with Crippen molar-refractivity contribution in [2.75, 3.05) is 5.32 Å². The minimum absolute atomic E-state index is 0.773. The number of nitrogens with zero attached hydrogens (tertiary/aromatic N) is 3. The molecule has 0 spiro atoms. The van der Waals surface area contributed by atoms with Crippen LogP contribution in [0.5, 0.6) is 0 Å². The van der Waals surface area contributed by atoms with Crippen LogP contribution in [0.4, 0.5) is 11.6 Å². The molecule has 3 aromatic heterocycles. The predicted octanol–water partition coefficient (Wildman–Crippen LogP) is 3.91. The van der Waals surface area contributed by atoms with Crippen LogP contribution in [0, 0.1) is 0 Å². The van der Waals surface area contributed by atoms with Gasteiger partial charge in [-0.3, -0.25) is 0 Å². The molecular formula is C15H14N4S. The van der Waals surface area contributed by atoms with E-state index in [0.717, 1.165) is 28.8 Å². The number of hydrogen-bond donors (Lipinski definition) is 1. The third kappa shape index (κ3) is 2.83. The van der Waals surface area contributed by atoms with Gasteiger partial charge in [0.25, 0.3) is 0 Å². The summed E-state index contributed by atoms with van der Waals surface area (Å²) in [5.41, 5.74) is 0.885. The Morgan fingerprint density at radius 1 is 1.05 bits per heavy atom. The molecule has 0 saturated carbocycles.